The summed E-state index contributed by atoms with van der Waals surface area (Å²) < 4.78 is 1.75. The van der Waals surface area contributed by atoms with Crippen LogP contribution in [0.1, 0.15) is 46.0 Å². The first kappa shape index (κ1) is 13.2. The molecular formula is C15H24N2O. The minimum absolute atomic E-state index is 0.0772. The lowest BCUT2D eigenvalue weighted by molar-refractivity contribution is 0.328. The fourth-order valence-electron chi connectivity index (χ4n) is 2.88. The average Bonchev–Trinajstić information content (AvgIpc) is 2.42. The number of aryl methyl sites for hydroxylation is 1. The maximum absolute atomic E-state index is 11.5. The van der Waals surface area contributed by atoms with E-state index < -0.39 is 0 Å². The van der Waals surface area contributed by atoms with Crippen LogP contribution in [0.5, 0.6) is 0 Å². The van der Waals surface area contributed by atoms with E-state index in [2.05, 4.69) is 12.2 Å². The summed E-state index contributed by atoms with van der Waals surface area (Å²) in [7, 11) is 0. The molecule has 0 saturated heterocycles. The fraction of sp³-hybridized carbons (Fsp3) is 0.667. The van der Waals surface area contributed by atoms with Gasteiger partial charge in [-0.15, -0.1) is 0 Å². The smallest absolute Gasteiger partial charge is 0.250 e. The van der Waals surface area contributed by atoms with Gasteiger partial charge in [-0.2, -0.15) is 0 Å². The first-order chi connectivity index (χ1) is 8.70. The second kappa shape index (κ2) is 6.07. The van der Waals surface area contributed by atoms with Gasteiger partial charge in [0.1, 0.15) is 0 Å². The van der Waals surface area contributed by atoms with Gasteiger partial charge in [0.25, 0.3) is 5.56 Å². The van der Waals surface area contributed by atoms with Crippen LogP contribution < -0.4 is 10.9 Å². The van der Waals surface area contributed by atoms with Crippen LogP contribution in [-0.4, -0.2) is 10.6 Å². The Morgan fingerprint density at radius 1 is 1.33 bits per heavy atom. The lowest BCUT2D eigenvalue weighted by Crippen LogP contribution is -2.28. The van der Waals surface area contributed by atoms with Gasteiger partial charge in [0.2, 0.25) is 0 Å². The van der Waals surface area contributed by atoms with E-state index in [0.717, 1.165) is 18.2 Å². The molecule has 1 heterocycles. The third kappa shape index (κ3) is 3.15. The number of hydrogen-bond donors (Lipinski definition) is 1. The van der Waals surface area contributed by atoms with E-state index in [0.29, 0.717) is 6.04 Å². The van der Waals surface area contributed by atoms with E-state index in [4.69, 9.17) is 0 Å². The summed E-state index contributed by atoms with van der Waals surface area (Å²) in [4.78, 5) is 11.5. The molecule has 18 heavy (non-hydrogen) atoms. The average molecular weight is 248 g/mol. The molecular weight excluding hydrogens is 224 g/mol. The van der Waals surface area contributed by atoms with Gasteiger partial charge in [0, 0.05) is 24.8 Å². The summed E-state index contributed by atoms with van der Waals surface area (Å²) in [6.07, 6.45) is 8.73. The zero-order valence-electron chi connectivity index (χ0n) is 11.5. The Kier molecular flexibility index (Phi) is 4.45. The van der Waals surface area contributed by atoms with Crippen LogP contribution in [0, 0.1) is 5.92 Å². The zero-order chi connectivity index (χ0) is 13.0. The van der Waals surface area contributed by atoms with E-state index in [1.54, 1.807) is 10.6 Å². The van der Waals surface area contributed by atoms with E-state index in [9.17, 15) is 4.79 Å². The Morgan fingerprint density at radius 3 is 2.72 bits per heavy atom. The predicted octanol–water partition coefficient (Wildman–Crippen LogP) is 3.25. The van der Waals surface area contributed by atoms with E-state index in [-0.39, 0.29) is 5.56 Å². The number of nitrogens with zero attached hydrogens (tertiary/aromatic N) is 1. The Balaban J connectivity index is 2.01. The number of rotatable bonds is 4. The van der Waals surface area contributed by atoms with Crippen LogP contribution in [0.25, 0.3) is 0 Å². The van der Waals surface area contributed by atoms with Crippen LogP contribution >= 0.6 is 0 Å². The molecule has 3 nitrogen and oxygen atoms in total. The highest BCUT2D eigenvalue weighted by Crippen LogP contribution is 2.27. The maximum atomic E-state index is 11.5. The summed E-state index contributed by atoms with van der Waals surface area (Å²) in [5.41, 5.74) is 1.14. The SMILES string of the molecule is CCn1cc(NC(C)C2CCCCC2)ccc1=O. The molecule has 0 spiro atoms. The molecule has 0 aromatic carbocycles. The Bertz CT molecular complexity index is 432. The number of nitrogens with one attached hydrogen (secondary N) is 1. The van der Waals surface area contributed by atoms with Crippen molar-refractivity contribution in [2.75, 3.05) is 5.32 Å². The van der Waals surface area contributed by atoms with Crippen LogP contribution in [0.2, 0.25) is 0 Å². The summed E-state index contributed by atoms with van der Waals surface area (Å²) in [5.74, 6) is 0.778. The molecule has 1 aliphatic carbocycles. The van der Waals surface area contributed by atoms with Gasteiger partial charge in [-0.25, -0.2) is 0 Å². The molecule has 1 N–H and O–H groups in total. The van der Waals surface area contributed by atoms with Gasteiger partial charge >= 0.3 is 0 Å². The van der Waals surface area contributed by atoms with Crippen molar-refractivity contribution in [1.82, 2.24) is 4.57 Å². The number of pyridine rings is 1. The molecule has 100 valence electrons. The van der Waals surface area contributed by atoms with Gasteiger partial charge < -0.3 is 9.88 Å². The molecule has 1 aromatic heterocycles. The molecule has 1 aromatic rings. The molecule has 0 radical (unpaired) electrons. The minimum atomic E-state index is 0.0772. The zero-order valence-corrected chi connectivity index (χ0v) is 11.5. The Hall–Kier alpha value is -1.25. The highest BCUT2D eigenvalue weighted by atomic mass is 16.1. The molecule has 0 amide bonds. The molecule has 1 unspecified atom stereocenters. The quantitative estimate of drug-likeness (QED) is 0.887. The molecule has 1 aliphatic rings. The monoisotopic (exact) mass is 248 g/mol. The van der Waals surface area contributed by atoms with Crippen molar-refractivity contribution in [3.05, 3.63) is 28.7 Å². The third-order valence-corrected chi connectivity index (χ3v) is 4.08. The molecule has 1 saturated carbocycles. The van der Waals surface area contributed by atoms with E-state index in [1.165, 1.54) is 32.1 Å². The van der Waals surface area contributed by atoms with Gasteiger partial charge in [-0.1, -0.05) is 19.3 Å². The topological polar surface area (TPSA) is 34.0 Å². The summed E-state index contributed by atoms with van der Waals surface area (Å²) in [6, 6.07) is 4.04. The van der Waals surface area contributed by atoms with Crippen molar-refractivity contribution in [3.63, 3.8) is 0 Å². The standard InChI is InChI=1S/C15H24N2O/c1-3-17-11-14(9-10-15(17)18)16-12(2)13-7-5-4-6-8-13/h9-13,16H,3-8H2,1-2H3. The second-order valence-corrected chi connectivity index (χ2v) is 5.37. The molecule has 0 aliphatic heterocycles. The predicted molar refractivity (Wildman–Crippen MR) is 76.0 cm³/mol. The fourth-order valence-corrected chi connectivity index (χ4v) is 2.88. The maximum Gasteiger partial charge on any atom is 0.250 e. The van der Waals surface area contributed by atoms with Crippen molar-refractivity contribution < 1.29 is 0 Å². The second-order valence-electron chi connectivity index (χ2n) is 5.37. The highest BCUT2D eigenvalue weighted by molar-refractivity contribution is 5.41. The summed E-state index contributed by atoms with van der Waals surface area (Å²) in [5, 5.41) is 3.55. The summed E-state index contributed by atoms with van der Waals surface area (Å²) in [6.45, 7) is 4.99. The third-order valence-electron chi connectivity index (χ3n) is 4.08. The molecule has 2 rings (SSSR count). The van der Waals surface area contributed by atoms with E-state index in [1.807, 2.05) is 19.2 Å². The van der Waals surface area contributed by atoms with Crippen LogP contribution in [-0.2, 0) is 6.54 Å². The van der Waals surface area contributed by atoms with Crippen LogP contribution in [0.3, 0.4) is 0 Å². The lowest BCUT2D eigenvalue weighted by Gasteiger charge is -2.29. The van der Waals surface area contributed by atoms with Gasteiger partial charge in [-0.05, 0) is 38.7 Å². The first-order valence-electron chi connectivity index (χ1n) is 7.17. The number of anilines is 1. The van der Waals surface area contributed by atoms with Crippen LogP contribution in [0.4, 0.5) is 5.69 Å². The van der Waals surface area contributed by atoms with Gasteiger partial charge in [0.05, 0.1) is 5.69 Å². The minimum Gasteiger partial charge on any atom is -0.381 e. The lowest BCUT2D eigenvalue weighted by atomic mass is 9.84. The van der Waals surface area contributed by atoms with Crippen molar-refractivity contribution >= 4 is 5.69 Å². The normalized spacial score (nSPS) is 18.6. The van der Waals surface area contributed by atoms with Gasteiger partial charge in [-0.3, -0.25) is 4.79 Å². The Morgan fingerprint density at radius 2 is 2.06 bits per heavy atom. The Labute approximate surface area is 109 Å². The van der Waals surface area contributed by atoms with Crippen molar-refractivity contribution in [1.29, 1.82) is 0 Å². The van der Waals surface area contributed by atoms with Crippen molar-refractivity contribution in [3.8, 4) is 0 Å². The summed E-state index contributed by atoms with van der Waals surface area (Å²) >= 11 is 0. The molecule has 3 heteroatoms. The molecule has 1 atom stereocenters. The molecule has 1 fully saturated rings. The van der Waals surface area contributed by atoms with E-state index >= 15 is 0 Å². The first-order valence-corrected chi connectivity index (χ1v) is 7.17. The highest BCUT2D eigenvalue weighted by Gasteiger charge is 2.19. The largest absolute Gasteiger partial charge is 0.381 e. The number of aromatic nitrogens is 1. The van der Waals surface area contributed by atoms with Crippen molar-refractivity contribution in [2.24, 2.45) is 5.92 Å². The van der Waals surface area contributed by atoms with Crippen molar-refractivity contribution in [2.45, 2.75) is 58.5 Å². The van der Waals surface area contributed by atoms with Gasteiger partial charge in [0.15, 0.2) is 0 Å². The molecule has 0 bridgehead atoms. The number of hydrogen-bond acceptors (Lipinski definition) is 2. The van der Waals surface area contributed by atoms with Crippen LogP contribution in [0.15, 0.2) is 23.1 Å².